The Hall–Kier alpha value is -2.04. The molecule has 0 aliphatic carbocycles. The molecular formula is C24H45N3O7. The zero-order valence-electron chi connectivity index (χ0n) is 21.1. The molecule has 0 aromatic rings. The molecule has 0 spiro atoms. The highest BCUT2D eigenvalue weighted by Crippen LogP contribution is 1.99. The van der Waals surface area contributed by atoms with E-state index in [1.807, 2.05) is 0 Å². The molecule has 0 bridgehead atoms. The van der Waals surface area contributed by atoms with Crippen LogP contribution in [0, 0.1) is 0 Å². The number of amides is 3. The molecule has 0 saturated heterocycles. The second-order valence-corrected chi connectivity index (χ2v) is 8.09. The molecule has 0 atom stereocenters. The normalized spacial score (nSPS) is 10.6. The predicted octanol–water partition coefficient (Wildman–Crippen LogP) is 1.50. The van der Waals surface area contributed by atoms with Crippen molar-refractivity contribution >= 4 is 23.5 Å². The molecule has 0 aliphatic heterocycles. The number of carbonyl (C=O) groups excluding carboxylic acids is 4. The highest BCUT2D eigenvalue weighted by atomic mass is 16.5. The van der Waals surface area contributed by atoms with E-state index in [2.05, 4.69) is 16.0 Å². The van der Waals surface area contributed by atoms with Gasteiger partial charge in [-0.2, -0.15) is 0 Å². The SMILES string of the molecule is CC(=O)CCCC(=O)NCCCOCCOCCOCCCNC(=O)CCCCCNC(C)=O. The minimum atomic E-state index is -0.0291. The number of unbranched alkanes of at least 4 members (excludes halogenated alkanes) is 2. The van der Waals surface area contributed by atoms with Crippen molar-refractivity contribution in [2.45, 2.75) is 71.6 Å². The van der Waals surface area contributed by atoms with Crippen molar-refractivity contribution in [3.63, 3.8) is 0 Å². The Kier molecular flexibility index (Phi) is 22.7. The van der Waals surface area contributed by atoms with Crippen LogP contribution in [0.5, 0.6) is 0 Å². The monoisotopic (exact) mass is 487 g/mol. The van der Waals surface area contributed by atoms with Gasteiger partial charge < -0.3 is 35.0 Å². The standard InChI is InChI=1S/C24H45N3O7/c1-21(28)9-6-11-24(31)27-14-8-16-33-18-20-34-19-17-32-15-7-13-26-23(30)10-4-3-5-12-25-22(2)29/h3-20H2,1-2H3,(H,25,29)(H,26,30)(H,27,31). The van der Waals surface area contributed by atoms with Gasteiger partial charge in [0.25, 0.3) is 0 Å². The molecule has 0 heterocycles. The van der Waals surface area contributed by atoms with Crippen molar-refractivity contribution in [3.8, 4) is 0 Å². The van der Waals surface area contributed by atoms with Crippen LogP contribution in [0.3, 0.4) is 0 Å². The fourth-order valence-corrected chi connectivity index (χ4v) is 2.87. The van der Waals surface area contributed by atoms with Gasteiger partial charge in [0, 0.05) is 59.0 Å². The van der Waals surface area contributed by atoms with Gasteiger partial charge in [-0.05, 0) is 39.0 Å². The first-order valence-electron chi connectivity index (χ1n) is 12.4. The van der Waals surface area contributed by atoms with Crippen LogP contribution in [0.15, 0.2) is 0 Å². The third kappa shape index (κ3) is 26.2. The Bertz CT molecular complexity index is 559. The van der Waals surface area contributed by atoms with E-state index in [-0.39, 0.29) is 23.5 Å². The number of nitrogens with one attached hydrogen (secondary N) is 3. The molecule has 0 saturated carbocycles. The van der Waals surface area contributed by atoms with Gasteiger partial charge in [-0.3, -0.25) is 14.4 Å². The predicted molar refractivity (Wildman–Crippen MR) is 129 cm³/mol. The largest absolute Gasteiger partial charge is 0.379 e. The summed E-state index contributed by atoms with van der Waals surface area (Å²) >= 11 is 0. The van der Waals surface area contributed by atoms with Gasteiger partial charge in [0.2, 0.25) is 17.7 Å². The van der Waals surface area contributed by atoms with Crippen molar-refractivity contribution in [1.29, 1.82) is 0 Å². The molecule has 0 unspecified atom stereocenters. The number of ketones is 1. The molecule has 10 nitrogen and oxygen atoms in total. The van der Waals surface area contributed by atoms with Crippen molar-refractivity contribution in [3.05, 3.63) is 0 Å². The first-order chi connectivity index (χ1) is 16.4. The number of Topliss-reactive ketones (excluding diaryl/α,β-unsaturated/α-hetero) is 1. The smallest absolute Gasteiger partial charge is 0.220 e. The molecule has 0 aliphatic rings. The van der Waals surface area contributed by atoms with Gasteiger partial charge in [-0.15, -0.1) is 0 Å². The first-order valence-corrected chi connectivity index (χ1v) is 12.4. The summed E-state index contributed by atoms with van der Waals surface area (Å²) in [6, 6.07) is 0. The Morgan fingerprint density at radius 3 is 1.47 bits per heavy atom. The van der Waals surface area contributed by atoms with E-state index in [1.54, 1.807) is 0 Å². The highest BCUT2D eigenvalue weighted by molar-refractivity contribution is 5.78. The van der Waals surface area contributed by atoms with Crippen LogP contribution >= 0.6 is 0 Å². The minimum absolute atomic E-state index is 0.0220. The maximum atomic E-state index is 11.7. The molecule has 0 fully saturated rings. The fourth-order valence-electron chi connectivity index (χ4n) is 2.87. The number of rotatable bonds is 24. The molecular weight excluding hydrogens is 442 g/mol. The Labute approximate surface area is 204 Å². The molecule has 0 aromatic heterocycles. The molecule has 0 radical (unpaired) electrons. The second-order valence-electron chi connectivity index (χ2n) is 8.09. The first kappa shape index (κ1) is 32.0. The van der Waals surface area contributed by atoms with Crippen LogP contribution in [-0.2, 0) is 33.4 Å². The van der Waals surface area contributed by atoms with E-state index in [0.717, 1.165) is 32.1 Å². The fraction of sp³-hybridized carbons (Fsp3) is 0.833. The molecule has 3 amide bonds. The lowest BCUT2D eigenvalue weighted by Crippen LogP contribution is -2.25. The maximum absolute atomic E-state index is 11.7. The maximum Gasteiger partial charge on any atom is 0.220 e. The molecule has 0 rings (SSSR count). The van der Waals surface area contributed by atoms with Gasteiger partial charge >= 0.3 is 0 Å². The summed E-state index contributed by atoms with van der Waals surface area (Å²) in [7, 11) is 0. The zero-order valence-corrected chi connectivity index (χ0v) is 21.1. The zero-order chi connectivity index (χ0) is 25.3. The summed E-state index contributed by atoms with van der Waals surface area (Å²) in [6.45, 7) is 7.94. The van der Waals surface area contributed by atoms with Crippen LogP contribution in [0.1, 0.15) is 71.6 Å². The van der Waals surface area contributed by atoms with E-state index >= 15 is 0 Å². The van der Waals surface area contributed by atoms with E-state index < -0.39 is 0 Å². The van der Waals surface area contributed by atoms with Crippen molar-refractivity contribution in [2.24, 2.45) is 0 Å². The van der Waals surface area contributed by atoms with Crippen molar-refractivity contribution in [2.75, 3.05) is 59.3 Å². The summed E-state index contributed by atoms with van der Waals surface area (Å²) in [5.74, 6) is 0.107. The Balaban J connectivity index is 3.22. The van der Waals surface area contributed by atoms with Gasteiger partial charge in [-0.1, -0.05) is 6.42 Å². The molecule has 10 heteroatoms. The van der Waals surface area contributed by atoms with Gasteiger partial charge in [-0.25, -0.2) is 0 Å². The summed E-state index contributed by atoms with van der Waals surface area (Å²) in [5, 5.41) is 8.43. The van der Waals surface area contributed by atoms with Gasteiger partial charge in [0.1, 0.15) is 5.78 Å². The summed E-state index contributed by atoms with van der Waals surface area (Å²) in [4.78, 5) is 44.8. The van der Waals surface area contributed by atoms with Gasteiger partial charge in [0.05, 0.1) is 26.4 Å². The van der Waals surface area contributed by atoms with Crippen LogP contribution in [-0.4, -0.2) is 82.8 Å². The lowest BCUT2D eigenvalue weighted by atomic mass is 10.2. The minimum Gasteiger partial charge on any atom is -0.379 e. The lowest BCUT2D eigenvalue weighted by Gasteiger charge is -2.08. The Morgan fingerprint density at radius 1 is 0.500 bits per heavy atom. The highest BCUT2D eigenvalue weighted by Gasteiger charge is 2.02. The van der Waals surface area contributed by atoms with E-state index in [0.29, 0.717) is 85.0 Å². The third-order valence-corrected chi connectivity index (χ3v) is 4.71. The van der Waals surface area contributed by atoms with Gasteiger partial charge in [0.15, 0.2) is 0 Å². The average molecular weight is 488 g/mol. The van der Waals surface area contributed by atoms with Crippen molar-refractivity contribution < 1.29 is 33.4 Å². The number of hydrogen-bond acceptors (Lipinski definition) is 7. The number of carbonyl (C=O) groups is 4. The van der Waals surface area contributed by atoms with Crippen LogP contribution in [0.2, 0.25) is 0 Å². The van der Waals surface area contributed by atoms with E-state index in [1.165, 1.54) is 13.8 Å². The lowest BCUT2D eigenvalue weighted by molar-refractivity contribution is -0.122. The third-order valence-electron chi connectivity index (χ3n) is 4.71. The topological polar surface area (TPSA) is 132 Å². The number of hydrogen-bond donors (Lipinski definition) is 3. The summed E-state index contributed by atoms with van der Waals surface area (Å²) in [5.41, 5.74) is 0. The molecule has 198 valence electrons. The molecule has 0 aromatic carbocycles. The quantitative estimate of drug-likeness (QED) is 0.176. The summed E-state index contributed by atoms with van der Waals surface area (Å²) < 4.78 is 16.4. The average Bonchev–Trinajstić information content (AvgIpc) is 2.78. The number of ether oxygens (including phenoxy) is 3. The van der Waals surface area contributed by atoms with Crippen LogP contribution < -0.4 is 16.0 Å². The van der Waals surface area contributed by atoms with Crippen LogP contribution in [0.4, 0.5) is 0 Å². The van der Waals surface area contributed by atoms with E-state index in [9.17, 15) is 19.2 Å². The van der Waals surface area contributed by atoms with E-state index in [4.69, 9.17) is 14.2 Å². The second kappa shape index (κ2) is 24.1. The molecule has 3 N–H and O–H groups in total. The van der Waals surface area contributed by atoms with Crippen molar-refractivity contribution in [1.82, 2.24) is 16.0 Å². The summed E-state index contributed by atoms with van der Waals surface area (Å²) in [6.07, 6.45) is 6.05. The molecule has 34 heavy (non-hydrogen) atoms. The Morgan fingerprint density at radius 2 is 0.971 bits per heavy atom. The van der Waals surface area contributed by atoms with Crippen LogP contribution in [0.25, 0.3) is 0 Å².